The van der Waals surface area contributed by atoms with Crippen molar-refractivity contribution >= 4 is 17.3 Å². The van der Waals surface area contributed by atoms with E-state index < -0.39 is 4.92 Å². The normalized spacial score (nSPS) is 15.4. The van der Waals surface area contributed by atoms with Crippen molar-refractivity contribution in [2.75, 3.05) is 31.1 Å². The quantitative estimate of drug-likeness (QED) is 0.602. The number of anilines is 1. The van der Waals surface area contributed by atoms with Crippen molar-refractivity contribution in [2.24, 2.45) is 0 Å². The van der Waals surface area contributed by atoms with Gasteiger partial charge in [-0.25, -0.2) is 0 Å². The Bertz CT molecular complexity index is 484. The van der Waals surface area contributed by atoms with Gasteiger partial charge in [0.1, 0.15) is 11.9 Å². The molecule has 1 fully saturated rings. The van der Waals surface area contributed by atoms with Crippen molar-refractivity contribution in [3.63, 3.8) is 0 Å². The van der Waals surface area contributed by atoms with Crippen molar-refractivity contribution < 1.29 is 9.72 Å². The predicted octanol–water partition coefficient (Wildman–Crippen LogP) is 1.05. The average molecular weight is 264 g/mol. The van der Waals surface area contributed by atoms with Crippen LogP contribution >= 0.6 is 0 Å². The Balaban J connectivity index is 2.10. The molecule has 1 aromatic rings. The molecule has 2 heterocycles. The van der Waals surface area contributed by atoms with Crippen LogP contribution in [-0.4, -0.2) is 46.9 Å². The minimum Gasteiger partial charge on any atom is -0.362 e. The van der Waals surface area contributed by atoms with E-state index in [2.05, 4.69) is 4.98 Å². The van der Waals surface area contributed by atoms with Gasteiger partial charge < -0.3 is 9.80 Å². The van der Waals surface area contributed by atoms with Gasteiger partial charge in [0, 0.05) is 38.8 Å². The van der Waals surface area contributed by atoms with Crippen LogP contribution in [0.4, 0.5) is 11.4 Å². The maximum Gasteiger partial charge on any atom is 0.310 e. The molecule has 2 rings (SSSR count). The van der Waals surface area contributed by atoms with Gasteiger partial charge in [-0.2, -0.15) is 0 Å². The monoisotopic (exact) mass is 264 g/mol. The van der Waals surface area contributed by atoms with Crippen LogP contribution in [0.3, 0.4) is 0 Å². The average Bonchev–Trinajstić information content (AvgIpc) is 2.46. The number of aromatic nitrogens is 1. The second kappa shape index (κ2) is 5.64. The summed E-state index contributed by atoms with van der Waals surface area (Å²) in [5.74, 6) is 0.129. The Morgan fingerprint density at radius 3 is 2.68 bits per heavy atom. The fourth-order valence-electron chi connectivity index (χ4n) is 2.21. The smallest absolute Gasteiger partial charge is 0.310 e. The maximum atomic E-state index is 11.6. The molecular formula is C12H16N4O3. The van der Waals surface area contributed by atoms with E-state index in [1.54, 1.807) is 17.2 Å². The van der Waals surface area contributed by atoms with E-state index in [1.807, 2.05) is 11.8 Å². The molecule has 0 atom stereocenters. The van der Waals surface area contributed by atoms with Crippen molar-refractivity contribution in [2.45, 2.75) is 13.3 Å². The summed E-state index contributed by atoms with van der Waals surface area (Å²) in [6, 6.07) is 1.65. The lowest BCUT2D eigenvalue weighted by molar-refractivity contribution is -0.384. The van der Waals surface area contributed by atoms with E-state index in [9.17, 15) is 14.9 Å². The van der Waals surface area contributed by atoms with E-state index in [0.717, 1.165) is 0 Å². The van der Waals surface area contributed by atoms with Crippen LogP contribution in [0.5, 0.6) is 0 Å². The van der Waals surface area contributed by atoms with E-state index in [0.29, 0.717) is 38.3 Å². The Hall–Kier alpha value is -2.18. The van der Waals surface area contributed by atoms with Gasteiger partial charge in [0.25, 0.3) is 0 Å². The highest BCUT2D eigenvalue weighted by atomic mass is 16.6. The van der Waals surface area contributed by atoms with Crippen molar-refractivity contribution in [3.05, 3.63) is 28.6 Å². The largest absolute Gasteiger partial charge is 0.362 e. The Kier molecular flexibility index (Phi) is 3.94. The summed E-state index contributed by atoms with van der Waals surface area (Å²) in [5.41, 5.74) is 0.585. The van der Waals surface area contributed by atoms with Crippen LogP contribution in [0.25, 0.3) is 0 Å². The molecule has 0 N–H and O–H groups in total. The minimum absolute atomic E-state index is 0.0118. The molecular weight excluding hydrogens is 248 g/mol. The molecule has 7 nitrogen and oxygen atoms in total. The molecule has 1 aromatic heterocycles. The lowest BCUT2D eigenvalue weighted by Crippen LogP contribution is -2.48. The zero-order valence-corrected chi connectivity index (χ0v) is 10.8. The molecule has 0 spiro atoms. The highest BCUT2D eigenvalue weighted by molar-refractivity contribution is 5.76. The number of amides is 1. The molecule has 19 heavy (non-hydrogen) atoms. The topological polar surface area (TPSA) is 79.6 Å². The van der Waals surface area contributed by atoms with Gasteiger partial charge in [0.05, 0.1) is 4.92 Å². The minimum atomic E-state index is -0.425. The summed E-state index contributed by atoms with van der Waals surface area (Å²) < 4.78 is 0. The molecule has 0 bridgehead atoms. The fraction of sp³-hybridized carbons (Fsp3) is 0.500. The summed E-state index contributed by atoms with van der Waals surface area (Å²) in [6.07, 6.45) is 3.31. The Morgan fingerprint density at radius 1 is 1.42 bits per heavy atom. The lowest BCUT2D eigenvalue weighted by atomic mass is 10.2. The maximum absolute atomic E-state index is 11.6. The van der Waals surface area contributed by atoms with E-state index in [-0.39, 0.29) is 11.6 Å². The number of piperazine rings is 1. The number of hydrogen-bond donors (Lipinski definition) is 0. The number of carbonyl (C=O) groups excluding carboxylic acids is 1. The first-order valence-electron chi connectivity index (χ1n) is 6.24. The zero-order chi connectivity index (χ0) is 13.8. The van der Waals surface area contributed by atoms with Gasteiger partial charge in [-0.1, -0.05) is 6.92 Å². The van der Waals surface area contributed by atoms with Crippen LogP contribution < -0.4 is 4.90 Å². The summed E-state index contributed by atoms with van der Waals surface area (Å²) >= 11 is 0. The molecule has 7 heteroatoms. The SMILES string of the molecule is CCC(=O)N1CCN(c2ccncc2[N+](=O)[O-])CC1. The van der Waals surface area contributed by atoms with E-state index in [1.165, 1.54) is 6.20 Å². The third kappa shape index (κ3) is 2.81. The Morgan fingerprint density at radius 2 is 2.11 bits per heavy atom. The van der Waals surface area contributed by atoms with Gasteiger partial charge in [-0.05, 0) is 6.07 Å². The third-order valence-electron chi connectivity index (χ3n) is 3.25. The predicted molar refractivity (Wildman–Crippen MR) is 70.0 cm³/mol. The molecule has 0 aromatic carbocycles. The van der Waals surface area contributed by atoms with E-state index >= 15 is 0 Å². The molecule has 0 unspecified atom stereocenters. The van der Waals surface area contributed by atoms with Gasteiger partial charge >= 0.3 is 5.69 Å². The van der Waals surface area contributed by atoms with Crippen LogP contribution in [0.1, 0.15) is 13.3 Å². The number of carbonyl (C=O) groups is 1. The number of nitro groups is 1. The summed E-state index contributed by atoms with van der Waals surface area (Å²) in [6.45, 7) is 4.26. The molecule has 102 valence electrons. The van der Waals surface area contributed by atoms with Crippen LogP contribution in [0.2, 0.25) is 0 Å². The van der Waals surface area contributed by atoms with Crippen molar-refractivity contribution in [3.8, 4) is 0 Å². The first-order valence-corrected chi connectivity index (χ1v) is 6.24. The summed E-state index contributed by atoms with van der Waals surface area (Å²) in [5, 5.41) is 11.0. The van der Waals surface area contributed by atoms with Crippen LogP contribution in [0.15, 0.2) is 18.5 Å². The van der Waals surface area contributed by atoms with Crippen LogP contribution in [-0.2, 0) is 4.79 Å². The molecule has 1 aliphatic heterocycles. The molecule has 1 aliphatic rings. The first-order chi connectivity index (χ1) is 9.13. The Labute approximate surface area is 111 Å². The van der Waals surface area contributed by atoms with E-state index in [4.69, 9.17) is 0 Å². The summed E-state index contributed by atoms with van der Waals surface area (Å²) in [7, 11) is 0. The number of rotatable bonds is 3. The van der Waals surface area contributed by atoms with Gasteiger partial charge in [-0.3, -0.25) is 19.9 Å². The van der Waals surface area contributed by atoms with Crippen molar-refractivity contribution in [1.29, 1.82) is 0 Å². The second-order valence-corrected chi connectivity index (χ2v) is 4.34. The van der Waals surface area contributed by atoms with Crippen LogP contribution in [0, 0.1) is 10.1 Å². The zero-order valence-electron chi connectivity index (χ0n) is 10.8. The molecule has 0 saturated carbocycles. The summed E-state index contributed by atoms with van der Waals surface area (Å²) in [4.78, 5) is 29.6. The molecule has 0 aliphatic carbocycles. The molecule has 0 radical (unpaired) electrons. The van der Waals surface area contributed by atoms with Crippen molar-refractivity contribution in [1.82, 2.24) is 9.88 Å². The third-order valence-corrected chi connectivity index (χ3v) is 3.25. The standard InChI is InChI=1S/C12H16N4O3/c1-2-12(17)15-7-5-14(6-8-15)10-3-4-13-9-11(10)16(18)19/h3-4,9H,2,5-8H2,1H3. The fourth-order valence-corrected chi connectivity index (χ4v) is 2.21. The second-order valence-electron chi connectivity index (χ2n) is 4.34. The molecule has 1 saturated heterocycles. The number of pyridine rings is 1. The van der Waals surface area contributed by atoms with Gasteiger partial charge in [0.2, 0.25) is 5.91 Å². The number of nitrogens with zero attached hydrogens (tertiary/aromatic N) is 4. The first kappa shape index (κ1) is 13.3. The highest BCUT2D eigenvalue weighted by Gasteiger charge is 2.24. The lowest BCUT2D eigenvalue weighted by Gasteiger charge is -2.35. The highest BCUT2D eigenvalue weighted by Crippen LogP contribution is 2.27. The molecule has 1 amide bonds. The van der Waals surface area contributed by atoms with Gasteiger partial charge in [-0.15, -0.1) is 0 Å². The number of hydrogen-bond acceptors (Lipinski definition) is 5. The van der Waals surface area contributed by atoms with Gasteiger partial charge in [0.15, 0.2) is 0 Å².